The van der Waals surface area contributed by atoms with Gasteiger partial charge in [-0.05, 0) is 32.2 Å². The van der Waals surface area contributed by atoms with Crippen LogP contribution in [0.4, 0.5) is 0 Å². The van der Waals surface area contributed by atoms with Crippen molar-refractivity contribution in [3.8, 4) is 0 Å². The van der Waals surface area contributed by atoms with E-state index >= 15 is 0 Å². The number of rotatable bonds is 20. The minimum absolute atomic E-state index is 0.0895. The van der Waals surface area contributed by atoms with Crippen molar-refractivity contribution in [1.82, 2.24) is 10.6 Å². The van der Waals surface area contributed by atoms with Gasteiger partial charge >= 0.3 is 5.97 Å². The summed E-state index contributed by atoms with van der Waals surface area (Å²) in [6.45, 7) is 3.43. The lowest BCUT2D eigenvalue weighted by molar-refractivity contribution is -0.142. The maximum atomic E-state index is 12.0. The van der Waals surface area contributed by atoms with Crippen LogP contribution in [-0.2, 0) is 14.4 Å². The van der Waals surface area contributed by atoms with E-state index in [1.807, 2.05) is 0 Å². The standard InChI is InChI=1S/C22H43N3O4/c1-2-3-4-5-6-7-8-9-11-14-21(27)25-19(22(28)29)15-16-20(26)24-18-13-10-12-17-23/h19H,2-18,23H2,1H3,(H,24,26)(H,25,27)(H,28,29)/t19-/m1/s1. The van der Waals surface area contributed by atoms with E-state index in [-0.39, 0.29) is 24.7 Å². The summed E-state index contributed by atoms with van der Waals surface area (Å²) in [6.07, 6.45) is 13.8. The molecule has 0 unspecified atom stereocenters. The first-order chi connectivity index (χ1) is 14.0. The SMILES string of the molecule is CCCCCCCCCCCC(=O)N[C@H](CCC(=O)NCCCCCN)C(=O)O. The first-order valence-electron chi connectivity index (χ1n) is 11.5. The van der Waals surface area contributed by atoms with Crippen LogP contribution >= 0.6 is 0 Å². The van der Waals surface area contributed by atoms with Crippen molar-refractivity contribution in [3.63, 3.8) is 0 Å². The molecule has 0 bridgehead atoms. The molecular weight excluding hydrogens is 370 g/mol. The monoisotopic (exact) mass is 413 g/mol. The van der Waals surface area contributed by atoms with Crippen LogP contribution in [0.25, 0.3) is 0 Å². The molecule has 29 heavy (non-hydrogen) atoms. The Morgan fingerprint density at radius 1 is 0.793 bits per heavy atom. The zero-order chi connectivity index (χ0) is 21.7. The Kier molecular flexibility index (Phi) is 18.6. The van der Waals surface area contributed by atoms with Crippen LogP contribution in [0, 0.1) is 0 Å². The van der Waals surface area contributed by atoms with E-state index in [1.165, 1.54) is 38.5 Å². The van der Waals surface area contributed by atoms with Gasteiger partial charge in [0.05, 0.1) is 0 Å². The van der Waals surface area contributed by atoms with Crippen molar-refractivity contribution >= 4 is 17.8 Å². The number of aliphatic carboxylic acids is 1. The molecule has 0 saturated heterocycles. The van der Waals surface area contributed by atoms with Gasteiger partial charge in [-0.3, -0.25) is 9.59 Å². The Balaban J connectivity index is 3.83. The summed E-state index contributed by atoms with van der Waals surface area (Å²) >= 11 is 0. The van der Waals surface area contributed by atoms with Gasteiger partial charge in [0.2, 0.25) is 11.8 Å². The predicted molar refractivity (Wildman–Crippen MR) is 117 cm³/mol. The van der Waals surface area contributed by atoms with Crippen molar-refractivity contribution < 1.29 is 19.5 Å². The highest BCUT2D eigenvalue weighted by atomic mass is 16.4. The number of amides is 2. The summed E-state index contributed by atoms with van der Waals surface area (Å²) in [5, 5.41) is 14.6. The highest BCUT2D eigenvalue weighted by molar-refractivity contribution is 5.84. The lowest BCUT2D eigenvalue weighted by Gasteiger charge is -2.14. The van der Waals surface area contributed by atoms with Gasteiger partial charge < -0.3 is 21.5 Å². The van der Waals surface area contributed by atoms with Crippen LogP contribution in [0.15, 0.2) is 0 Å². The molecule has 0 aromatic heterocycles. The number of nitrogens with two attached hydrogens (primary N) is 1. The molecule has 0 aromatic carbocycles. The summed E-state index contributed by atoms with van der Waals surface area (Å²) in [4.78, 5) is 35.1. The number of carboxylic acid groups (broad SMARTS) is 1. The highest BCUT2D eigenvalue weighted by Gasteiger charge is 2.20. The van der Waals surface area contributed by atoms with Crippen LogP contribution < -0.4 is 16.4 Å². The Morgan fingerprint density at radius 2 is 1.38 bits per heavy atom. The third-order valence-corrected chi connectivity index (χ3v) is 5.00. The molecular formula is C22H43N3O4. The van der Waals surface area contributed by atoms with Crippen molar-refractivity contribution in [2.75, 3.05) is 13.1 Å². The average Bonchev–Trinajstić information content (AvgIpc) is 2.69. The van der Waals surface area contributed by atoms with Gasteiger partial charge in [-0.1, -0.05) is 64.7 Å². The third kappa shape index (κ3) is 18.2. The minimum atomic E-state index is -1.10. The van der Waals surface area contributed by atoms with Crippen LogP contribution in [0.2, 0.25) is 0 Å². The molecule has 1 atom stereocenters. The van der Waals surface area contributed by atoms with Crippen molar-refractivity contribution in [3.05, 3.63) is 0 Å². The van der Waals surface area contributed by atoms with Crippen LogP contribution in [0.3, 0.4) is 0 Å². The number of unbranched alkanes of at least 4 members (excludes halogenated alkanes) is 10. The Hall–Kier alpha value is -1.63. The molecule has 0 radical (unpaired) electrons. The van der Waals surface area contributed by atoms with Crippen LogP contribution in [0.5, 0.6) is 0 Å². The quantitative estimate of drug-likeness (QED) is 0.228. The lowest BCUT2D eigenvalue weighted by atomic mass is 10.1. The summed E-state index contributed by atoms with van der Waals surface area (Å²) in [5.74, 6) is -1.53. The Morgan fingerprint density at radius 3 is 1.97 bits per heavy atom. The second-order valence-electron chi connectivity index (χ2n) is 7.77. The Bertz CT molecular complexity index is 444. The molecule has 2 amide bonds. The maximum absolute atomic E-state index is 12.0. The molecule has 0 aliphatic rings. The van der Waals surface area contributed by atoms with Crippen molar-refractivity contribution in [2.24, 2.45) is 5.73 Å². The average molecular weight is 414 g/mol. The second-order valence-corrected chi connectivity index (χ2v) is 7.77. The van der Waals surface area contributed by atoms with Gasteiger partial charge in [0, 0.05) is 19.4 Å². The molecule has 0 saturated carbocycles. The first kappa shape index (κ1) is 27.4. The van der Waals surface area contributed by atoms with Gasteiger partial charge in [0.15, 0.2) is 0 Å². The number of hydrogen-bond donors (Lipinski definition) is 4. The number of carbonyl (C=O) groups is 3. The number of hydrogen-bond acceptors (Lipinski definition) is 4. The van der Waals surface area contributed by atoms with E-state index in [2.05, 4.69) is 17.6 Å². The fourth-order valence-corrected chi connectivity index (χ4v) is 3.16. The van der Waals surface area contributed by atoms with E-state index in [0.29, 0.717) is 19.5 Å². The van der Waals surface area contributed by atoms with Gasteiger partial charge in [0.1, 0.15) is 6.04 Å². The fraction of sp³-hybridized carbons (Fsp3) is 0.864. The molecule has 7 heteroatoms. The molecule has 0 aliphatic heterocycles. The summed E-state index contributed by atoms with van der Waals surface area (Å²) in [6, 6.07) is -1.01. The summed E-state index contributed by atoms with van der Waals surface area (Å²) < 4.78 is 0. The molecule has 0 aromatic rings. The van der Waals surface area contributed by atoms with Crippen molar-refractivity contribution in [1.29, 1.82) is 0 Å². The smallest absolute Gasteiger partial charge is 0.326 e. The zero-order valence-corrected chi connectivity index (χ0v) is 18.3. The van der Waals surface area contributed by atoms with E-state index in [4.69, 9.17) is 5.73 Å². The van der Waals surface area contributed by atoms with Gasteiger partial charge in [-0.2, -0.15) is 0 Å². The summed E-state index contributed by atoms with van der Waals surface area (Å²) in [5.41, 5.74) is 5.41. The van der Waals surface area contributed by atoms with Gasteiger partial charge in [-0.15, -0.1) is 0 Å². The number of carboxylic acids is 1. The first-order valence-corrected chi connectivity index (χ1v) is 11.5. The number of nitrogens with one attached hydrogen (secondary N) is 2. The van der Waals surface area contributed by atoms with Crippen LogP contribution in [-0.4, -0.2) is 42.0 Å². The predicted octanol–water partition coefficient (Wildman–Crippen LogP) is 3.50. The molecule has 0 fully saturated rings. The second kappa shape index (κ2) is 19.7. The van der Waals surface area contributed by atoms with E-state index in [0.717, 1.165) is 38.5 Å². The fourth-order valence-electron chi connectivity index (χ4n) is 3.16. The largest absolute Gasteiger partial charge is 0.480 e. The lowest BCUT2D eigenvalue weighted by Crippen LogP contribution is -2.41. The zero-order valence-electron chi connectivity index (χ0n) is 18.3. The molecule has 0 rings (SSSR count). The number of carbonyl (C=O) groups excluding carboxylic acids is 2. The summed E-state index contributed by atoms with van der Waals surface area (Å²) in [7, 11) is 0. The molecule has 170 valence electrons. The van der Waals surface area contributed by atoms with E-state index in [1.54, 1.807) is 0 Å². The van der Waals surface area contributed by atoms with E-state index in [9.17, 15) is 19.5 Å². The van der Waals surface area contributed by atoms with Crippen molar-refractivity contribution in [2.45, 2.75) is 109 Å². The molecule has 7 nitrogen and oxygen atoms in total. The molecule has 0 heterocycles. The van der Waals surface area contributed by atoms with Crippen LogP contribution in [0.1, 0.15) is 103 Å². The maximum Gasteiger partial charge on any atom is 0.326 e. The molecule has 5 N–H and O–H groups in total. The Labute approximate surface area is 176 Å². The van der Waals surface area contributed by atoms with E-state index < -0.39 is 12.0 Å². The minimum Gasteiger partial charge on any atom is -0.480 e. The topological polar surface area (TPSA) is 122 Å². The van der Waals surface area contributed by atoms with Gasteiger partial charge in [-0.25, -0.2) is 4.79 Å². The molecule has 0 spiro atoms. The normalized spacial score (nSPS) is 11.8. The van der Waals surface area contributed by atoms with Gasteiger partial charge in [0.25, 0.3) is 0 Å². The third-order valence-electron chi connectivity index (χ3n) is 5.00. The molecule has 0 aliphatic carbocycles. The highest BCUT2D eigenvalue weighted by Crippen LogP contribution is 2.10.